The number of phenols is 5. The quantitative estimate of drug-likeness (QED) is 0.0215. The van der Waals surface area contributed by atoms with Crippen molar-refractivity contribution in [3.8, 4) is 28.7 Å². The minimum Gasteiger partial charge on any atom is -0.507 e. The molecular formula is C74H84N6O6. The number of aliphatic hydroxyl groups excluding tert-OH is 1. The number of phenolic OH excluding ortho intramolecular Hbond substituents is 5. The van der Waals surface area contributed by atoms with Crippen LogP contribution in [0.25, 0.3) is 22.9 Å². The monoisotopic (exact) mass is 1150 g/mol. The molecule has 0 amide bonds. The van der Waals surface area contributed by atoms with Crippen LogP contribution >= 0.6 is 0 Å². The van der Waals surface area contributed by atoms with Crippen molar-refractivity contribution < 1.29 is 30.6 Å². The molecule has 446 valence electrons. The van der Waals surface area contributed by atoms with Gasteiger partial charge in [0.15, 0.2) is 23.0 Å². The zero-order chi connectivity index (χ0) is 58.5. The third kappa shape index (κ3) is 8.76. The zero-order valence-corrected chi connectivity index (χ0v) is 49.5. The Morgan fingerprint density at radius 2 is 1.57 bits per heavy atom. The number of aliphatic hydroxyl groups is 1. The Morgan fingerprint density at radius 1 is 0.721 bits per heavy atom. The smallest absolute Gasteiger partial charge is 0.169 e. The van der Waals surface area contributed by atoms with E-state index < -0.39 is 11.5 Å². The Balaban J connectivity index is 0.822. The lowest BCUT2D eigenvalue weighted by Gasteiger charge is -2.75. The topological polar surface area (TPSA) is 202 Å². The maximum absolute atomic E-state index is 13.2. The highest BCUT2D eigenvalue weighted by molar-refractivity contribution is 6.03. The molecule has 3 spiro atoms. The molecule has 6 fully saturated rings. The van der Waals surface area contributed by atoms with E-state index in [1.54, 1.807) is 18.2 Å². The summed E-state index contributed by atoms with van der Waals surface area (Å²) in [6.07, 6.45) is 33.5. The van der Waals surface area contributed by atoms with Crippen LogP contribution in [0.2, 0.25) is 0 Å². The Morgan fingerprint density at radius 3 is 2.38 bits per heavy atom. The minimum absolute atomic E-state index is 0.00106. The first kappa shape index (κ1) is 55.5. The van der Waals surface area contributed by atoms with Gasteiger partial charge in [-0.25, -0.2) is 4.98 Å². The fourth-order valence-electron chi connectivity index (χ4n) is 20.5. The summed E-state index contributed by atoms with van der Waals surface area (Å²) in [6, 6.07) is 33.0. The molecule has 14 unspecified atom stereocenters. The van der Waals surface area contributed by atoms with Gasteiger partial charge in [0, 0.05) is 77.3 Å². The van der Waals surface area contributed by atoms with Crippen LogP contribution in [-0.2, 0) is 31.1 Å². The number of aryl methyl sites for hydroxylation is 2. The van der Waals surface area contributed by atoms with Crippen molar-refractivity contribution >= 4 is 22.9 Å². The van der Waals surface area contributed by atoms with E-state index in [2.05, 4.69) is 119 Å². The highest BCUT2D eigenvalue weighted by atomic mass is 16.3. The van der Waals surface area contributed by atoms with Gasteiger partial charge in [-0.15, -0.1) is 0 Å². The van der Waals surface area contributed by atoms with Crippen molar-refractivity contribution in [2.45, 2.75) is 151 Å². The molecule has 2 saturated heterocycles. The lowest BCUT2D eigenvalue weighted by Crippen LogP contribution is -2.78. The molecule has 8 aliphatic rings. The van der Waals surface area contributed by atoms with Crippen molar-refractivity contribution in [1.29, 1.82) is 0 Å². The molecule has 5 aromatic carbocycles. The average molecular weight is 1150 g/mol. The third-order valence-corrected chi connectivity index (χ3v) is 24.0. The largest absolute Gasteiger partial charge is 0.507 e. The number of nitrogens with one attached hydrogen (secondary N) is 5. The molecule has 2 aromatic heterocycles. The van der Waals surface area contributed by atoms with Gasteiger partial charge in [-0.3, -0.25) is 0 Å². The Kier molecular flexibility index (Phi) is 14.0. The van der Waals surface area contributed by atoms with Gasteiger partial charge in [0.25, 0.3) is 0 Å². The average Bonchev–Trinajstić information content (AvgIpc) is 1.13. The predicted molar refractivity (Wildman–Crippen MR) is 338 cm³/mol. The SMILES string of the molecule is CCc1cc(CCNCC2=CC(c3ccccc3)C3CC4(CC2N3)CC(c2ccc(CCc3c(O)c(O)c5c(O)cccc5c3C=Cc3ccc(O)c(O)c3)cc2)NC2C4CC3CCCC34CCC35CCCC3C=CC(O)C5C24c2cnc[nH]2)c[nH]1. The minimum atomic E-state index is -0.565. The van der Waals surface area contributed by atoms with Gasteiger partial charge in [-0.2, -0.15) is 0 Å². The molecular weight excluding hydrogens is 1070 g/mol. The second kappa shape index (κ2) is 21.6. The number of aromatic hydroxyl groups is 5. The number of allylic oxidation sites excluding steroid dienone is 1. The normalized spacial score (nSPS) is 33.3. The summed E-state index contributed by atoms with van der Waals surface area (Å²) in [7, 11) is 0. The van der Waals surface area contributed by atoms with Crippen LogP contribution in [0.15, 0.2) is 140 Å². The molecule has 7 aromatic rings. The lowest BCUT2D eigenvalue weighted by atomic mass is 9.31. The van der Waals surface area contributed by atoms with Crippen molar-refractivity contribution in [1.82, 2.24) is 30.9 Å². The van der Waals surface area contributed by atoms with Crippen LogP contribution in [0.5, 0.6) is 28.7 Å². The number of aromatic nitrogens is 3. The standard InChI is InChI=1S/C74H84N6O6/c1-2-52-33-46(40-77-52)27-32-75-41-49-35-56(47-9-4-3-5-10-47)60-39-71(38-59(49)79-60)37-58(80-70-57(71)36-51-12-8-29-73(51)31-30-72-28-7-11-50(72)22-26-63(83)69(72)74(70,73)65-42-76-43-78-65)48-20-15-44(16-21-48)17-24-55-53(23-18-45-19-25-61(81)64(84)34-45)54-13-6-14-62(82)66(54)68(86)67(55)85/h3-6,9-10,13-16,18-23,25-26,33-35,40,42-43,50-51,56-60,63,69-70,75,77,79-86H,2,7-8,11-12,17,24,27-32,36-39,41H2,1H3,(H,76,78). The van der Waals surface area contributed by atoms with Crippen LogP contribution in [0, 0.1) is 39.9 Å². The van der Waals surface area contributed by atoms with Gasteiger partial charge < -0.3 is 56.6 Å². The number of H-pyrrole nitrogens is 2. The molecule has 14 atom stereocenters. The fraction of sp³-hybridized carbons (Fsp3) is 0.446. The summed E-state index contributed by atoms with van der Waals surface area (Å²) >= 11 is 0. The van der Waals surface area contributed by atoms with Gasteiger partial charge in [0.1, 0.15) is 5.75 Å². The Labute approximate surface area is 505 Å². The molecule has 0 radical (unpaired) electrons. The molecule has 4 saturated carbocycles. The zero-order valence-electron chi connectivity index (χ0n) is 49.5. The van der Waals surface area contributed by atoms with Gasteiger partial charge >= 0.3 is 0 Å². The summed E-state index contributed by atoms with van der Waals surface area (Å²) in [6.45, 7) is 3.94. The maximum Gasteiger partial charge on any atom is 0.169 e. The predicted octanol–water partition coefficient (Wildman–Crippen LogP) is 12.9. The van der Waals surface area contributed by atoms with Gasteiger partial charge in [-0.1, -0.05) is 123 Å². The Hall–Kier alpha value is -7.09. The third-order valence-electron chi connectivity index (χ3n) is 24.0. The number of imidazole rings is 1. The molecule has 15 rings (SSSR count). The molecule has 11 N–H and O–H groups in total. The van der Waals surface area contributed by atoms with Crippen molar-refractivity contribution in [3.63, 3.8) is 0 Å². The van der Waals surface area contributed by atoms with E-state index >= 15 is 0 Å². The lowest BCUT2D eigenvalue weighted by molar-refractivity contribution is -0.217. The number of hydrogen-bond donors (Lipinski definition) is 11. The van der Waals surface area contributed by atoms with Crippen LogP contribution in [0.4, 0.5) is 0 Å². The van der Waals surface area contributed by atoms with Crippen LogP contribution in [0.3, 0.4) is 0 Å². The van der Waals surface area contributed by atoms with Gasteiger partial charge in [-0.05, 0) is 199 Å². The summed E-state index contributed by atoms with van der Waals surface area (Å²) in [4.78, 5) is 12.4. The number of hydrogen-bond acceptors (Lipinski definition) is 10. The number of aromatic amines is 2. The molecule has 12 heteroatoms. The first-order valence-corrected chi connectivity index (χ1v) is 32.4. The van der Waals surface area contributed by atoms with E-state index in [0.717, 1.165) is 57.2 Å². The molecule has 86 heavy (non-hydrogen) atoms. The maximum atomic E-state index is 13.2. The number of piperidine rings is 2. The van der Waals surface area contributed by atoms with Crippen LogP contribution in [-0.4, -0.2) is 82.9 Å². The first-order valence-electron chi connectivity index (χ1n) is 32.4. The number of benzene rings is 5. The van der Waals surface area contributed by atoms with E-state index in [1.165, 1.54) is 103 Å². The first-order chi connectivity index (χ1) is 41.9. The second-order valence-corrected chi connectivity index (χ2v) is 27.6. The molecule has 2 bridgehead atoms. The van der Waals surface area contributed by atoms with E-state index in [1.807, 2.05) is 18.5 Å². The number of nitrogens with zero attached hydrogens (tertiary/aromatic N) is 1. The van der Waals surface area contributed by atoms with E-state index in [4.69, 9.17) is 10.3 Å². The van der Waals surface area contributed by atoms with Crippen molar-refractivity contribution in [2.75, 3.05) is 13.1 Å². The Bertz CT molecular complexity index is 3760. The molecule has 5 heterocycles. The van der Waals surface area contributed by atoms with E-state index in [9.17, 15) is 30.6 Å². The fourth-order valence-corrected chi connectivity index (χ4v) is 20.5. The highest BCUT2D eigenvalue weighted by Gasteiger charge is 2.78. The summed E-state index contributed by atoms with van der Waals surface area (Å²) in [5, 5.41) is 81.6. The number of fused-ring (bicyclic) bond motifs is 7. The van der Waals surface area contributed by atoms with Crippen molar-refractivity contribution in [3.05, 3.63) is 190 Å². The van der Waals surface area contributed by atoms with Gasteiger partial charge in [0.2, 0.25) is 0 Å². The summed E-state index contributed by atoms with van der Waals surface area (Å²) in [5.41, 5.74) is 10.4. The number of rotatable bonds is 14. The van der Waals surface area contributed by atoms with E-state index in [0.29, 0.717) is 52.7 Å². The second-order valence-electron chi connectivity index (χ2n) is 27.6. The van der Waals surface area contributed by atoms with E-state index in [-0.39, 0.29) is 86.4 Å². The highest BCUT2D eigenvalue weighted by Crippen LogP contribution is 2.79. The van der Waals surface area contributed by atoms with Crippen LogP contribution < -0.4 is 16.0 Å². The van der Waals surface area contributed by atoms with Gasteiger partial charge in [0.05, 0.1) is 17.8 Å². The molecule has 3 aliphatic heterocycles. The van der Waals surface area contributed by atoms with Crippen LogP contribution in [0.1, 0.15) is 146 Å². The molecule has 5 aliphatic carbocycles. The van der Waals surface area contributed by atoms with Crippen molar-refractivity contribution in [2.24, 2.45) is 39.9 Å². The summed E-state index contributed by atoms with van der Waals surface area (Å²) in [5.74, 6) is 0.360. The summed E-state index contributed by atoms with van der Waals surface area (Å²) < 4.78 is 0. The molecule has 12 nitrogen and oxygen atoms in total.